The Bertz CT molecular complexity index is 282. The van der Waals surface area contributed by atoms with Crippen LogP contribution >= 0.6 is 0 Å². The van der Waals surface area contributed by atoms with Gasteiger partial charge in [0.15, 0.2) is 0 Å². The van der Waals surface area contributed by atoms with Gasteiger partial charge in [0.1, 0.15) is 0 Å². The lowest BCUT2D eigenvalue weighted by Crippen LogP contribution is -2.34. The third-order valence-corrected chi connectivity index (χ3v) is 3.93. The quantitative estimate of drug-likeness (QED) is 0.424. The number of ether oxygens (including phenoxy) is 2. The minimum Gasteiger partial charge on any atom is -0.387 e. The minimum absolute atomic E-state index is 0.179. The molecule has 0 aromatic rings. The molecule has 0 aromatic heterocycles. The lowest BCUT2D eigenvalue weighted by Gasteiger charge is -2.32. The van der Waals surface area contributed by atoms with Gasteiger partial charge in [0, 0.05) is 12.0 Å². The molecule has 1 rings (SSSR count). The smallest absolute Gasteiger partial charge is 0.0963 e. The van der Waals surface area contributed by atoms with Crippen LogP contribution in [0.15, 0.2) is 0 Å². The molecule has 0 aromatic carbocycles. The summed E-state index contributed by atoms with van der Waals surface area (Å²) in [4.78, 5) is 0. The van der Waals surface area contributed by atoms with E-state index in [-0.39, 0.29) is 11.3 Å². The molecule has 4 nitrogen and oxygen atoms in total. The first-order valence-electron chi connectivity index (χ1n) is 7.43. The molecule has 1 aliphatic rings. The molecule has 0 bridgehead atoms. The van der Waals surface area contributed by atoms with Gasteiger partial charge in [-0.25, -0.2) is 0 Å². The molecule has 0 spiro atoms. The fourth-order valence-corrected chi connectivity index (χ4v) is 2.53. The first kappa shape index (κ1) is 16.4. The Morgan fingerprint density at radius 3 is 2.37 bits per heavy atom. The lowest BCUT2D eigenvalue weighted by molar-refractivity contribution is -0.102. The summed E-state index contributed by atoms with van der Waals surface area (Å²) < 4.78 is 11.6. The van der Waals surface area contributed by atoms with Crippen LogP contribution in [-0.2, 0) is 9.47 Å². The summed E-state index contributed by atoms with van der Waals surface area (Å²) in [5.41, 5.74) is 5.39. The van der Waals surface area contributed by atoms with Gasteiger partial charge in [0.25, 0.3) is 0 Å². The average Bonchev–Trinajstić information content (AvgIpc) is 2.26. The standard InChI is InChI=1S/C15H30N2O2/c1-11-9-13(10-12(2)19-11)18-8-6-5-7-15(3,4)14(16)17/h11-13H,5-10H2,1-4H3,(H3,16,17). The summed E-state index contributed by atoms with van der Waals surface area (Å²) in [5, 5.41) is 7.51. The molecule has 1 saturated heterocycles. The van der Waals surface area contributed by atoms with E-state index >= 15 is 0 Å². The highest BCUT2D eigenvalue weighted by Crippen LogP contribution is 2.24. The van der Waals surface area contributed by atoms with Crippen LogP contribution in [0.1, 0.15) is 59.8 Å². The van der Waals surface area contributed by atoms with Crippen molar-refractivity contribution in [2.75, 3.05) is 6.61 Å². The first-order valence-corrected chi connectivity index (χ1v) is 7.43. The summed E-state index contributed by atoms with van der Waals surface area (Å²) in [5.74, 6) is 0.278. The molecule has 1 heterocycles. The Balaban J connectivity index is 2.12. The summed E-state index contributed by atoms with van der Waals surface area (Å²) in [6.07, 6.45) is 6.02. The van der Waals surface area contributed by atoms with Gasteiger partial charge in [-0.3, -0.25) is 5.41 Å². The van der Waals surface area contributed by atoms with E-state index in [0.717, 1.165) is 38.7 Å². The molecule has 1 fully saturated rings. The Labute approximate surface area is 117 Å². The second-order valence-electron chi connectivity index (χ2n) is 6.48. The van der Waals surface area contributed by atoms with E-state index in [1.54, 1.807) is 0 Å². The van der Waals surface area contributed by atoms with E-state index in [9.17, 15) is 0 Å². The average molecular weight is 270 g/mol. The van der Waals surface area contributed by atoms with Crippen molar-refractivity contribution in [2.24, 2.45) is 11.1 Å². The molecular weight excluding hydrogens is 240 g/mol. The number of nitrogens with two attached hydrogens (primary N) is 1. The second-order valence-corrected chi connectivity index (χ2v) is 6.48. The van der Waals surface area contributed by atoms with Crippen molar-refractivity contribution in [1.82, 2.24) is 0 Å². The third kappa shape index (κ3) is 5.91. The van der Waals surface area contributed by atoms with Crippen LogP contribution in [0.25, 0.3) is 0 Å². The van der Waals surface area contributed by atoms with E-state index in [4.69, 9.17) is 20.6 Å². The van der Waals surface area contributed by atoms with Crippen molar-refractivity contribution in [2.45, 2.75) is 78.1 Å². The fraction of sp³-hybridized carbons (Fsp3) is 0.933. The van der Waals surface area contributed by atoms with E-state index in [1.165, 1.54) is 0 Å². The van der Waals surface area contributed by atoms with Crippen molar-refractivity contribution in [3.63, 3.8) is 0 Å². The fourth-order valence-electron chi connectivity index (χ4n) is 2.53. The summed E-state index contributed by atoms with van der Waals surface area (Å²) >= 11 is 0. The number of hydrogen-bond acceptors (Lipinski definition) is 3. The van der Waals surface area contributed by atoms with Gasteiger partial charge >= 0.3 is 0 Å². The van der Waals surface area contributed by atoms with Gasteiger partial charge in [0.05, 0.1) is 24.1 Å². The Hall–Kier alpha value is -0.610. The monoisotopic (exact) mass is 270 g/mol. The molecule has 0 aliphatic carbocycles. The van der Waals surface area contributed by atoms with Crippen LogP contribution in [0, 0.1) is 10.8 Å². The van der Waals surface area contributed by atoms with Crippen LogP contribution in [0.4, 0.5) is 0 Å². The van der Waals surface area contributed by atoms with Gasteiger partial charge in [-0.2, -0.15) is 0 Å². The third-order valence-electron chi connectivity index (χ3n) is 3.93. The number of rotatable bonds is 7. The first-order chi connectivity index (χ1) is 8.81. The molecule has 1 aliphatic heterocycles. The minimum atomic E-state index is -0.179. The Morgan fingerprint density at radius 2 is 1.84 bits per heavy atom. The van der Waals surface area contributed by atoms with Crippen LogP contribution in [0.2, 0.25) is 0 Å². The van der Waals surface area contributed by atoms with Crippen molar-refractivity contribution in [1.29, 1.82) is 5.41 Å². The zero-order valence-corrected chi connectivity index (χ0v) is 12.9. The predicted octanol–water partition coefficient (Wildman–Crippen LogP) is 3.09. The van der Waals surface area contributed by atoms with Gasteiger partial charge in [-0.05, 0) is 39.5 Å². The van der Waals surface area contributed by atoms with E-state index in [2.05, 4.69) is 13.8 Å². The summed E-state index contributed by atoms with van der Waals surface area (Å²) in [6, 6.07) is 0. The number of amidine groups is 1. The zero-order chi connectivity index (χ0) is 14.5. The second kappa shape index (κ2) is 7.25. The molecule has 19 heavy (non-hydrogen) atoms. The molecule has 4 heteroatoms. The molecule has 2 unspecified atom stereocenters. The Morgan fingerprint density at radius 1 is 1.26 bits per heavy atom. The number of unbranched alkanes of at least 4 members (excludes halogenated alkanes) is 1. The van der Waals surface area contributed by atoms with Gasteiger partial charge < -0.3 is 15.2 Å². The maximum Gasteiger partial charge on any atom is 0.0963 e. The van der Waals surface area contributed by atoms with Crippen molar-refractivity contribution in [3.05, 3.63) is 0 Å². The lowest BCUT2D eigenvalue weighted by atomic mass is 9.86. The van der Waals surface area contributed by atoms with Crippen LogP contribution in [0.3, 0.4) is 0 Å². The molecular formula is C15H30N2O2. The van der Waals surface area contributed by atoms with E-state index in [1.807, 2.05) is 13.8 Å². The maximum atomic E-state index is 7.51. The van der Waals surface area contributed by atoms with Gasteiger partial charge in [-0.1, -0.05) is 20.3 Å². The van der Waals surface area contributed by atoms with Crippen LogP contribution in [0.5, 0.6) is 0 Å². The van der Waals surface area contributed by atoms with Crippen molar-refractivity contribution < 1.29 is 9.47 Å². The largest absolute Gasteiger partial charge is 0.387 e. The maximum absolute atomic E-state index is 7.51. The van der Waals surface area contributed by atoms with Crippen LogP contribution in [-0.4, -0.2) is 30.8 Å². The highest BCUT2D eigenvalue weighted by Gasteiger charge is 2.25. The summed E-state index contributed by atoms with van der Waals surface area (Å²) in [6.45, 7) is 9.08. The van der Waals surface area contributed by atoms with E-state index in [0.29, 0.717) is 18.3 Å². The highest BCUT2D eigenvalue weighted by molar-refractivity contribution is 5.82. The number of nitrogens with one attached hydrogen (secondary N) is 1. The van der Waals surface area contributed by atoms with Gasteiger partial charge in [-0.15, -0.1) is 0 Å². The van der Waals surface area contributed by atoms with Crippen molar-refractivity contribution in [3.8, 4) is 0 Å². The normalized spacial score (nSPS) is 28.3. The SMILES string of the molecule is CC1CC(OCCCCC(C)(C)C(=N)N)CC(C)O1. The molecule has 0 amide bonds. The molecule has 0 saturated carbocycles. The topological polar surface area (TPSA) is 68.3 Å². The van der Waals surface area contributed by atoms with Crippen LogP contribution < -0.4 is 5.73 Å². The molecule has 0 radical (unpaired) electrons. The molecule has 2 atom stereocenters. The highest BCUT2D eigenvalue weighted by atomic mass is 16.5. The zero-order valence-electron chi connectivity index (χ0n) is 12.9. The molecule has 112 valence electrons. The summed E-state index contributed by atoms with van der Waals surface area (Å²) in [7, 11) is 0. The molecule has 3 N–H and O–H groups in total. The number of hydrogen-bond donors (Lipinski definition) is 2. The van der Waals surface area contributed by atoms with Crippen molar-refractivity contribution >= 4 is 5.84 Å². The predicted molar refractivity (Wildman–Crippen MR) is 78.5 cm³/mol. The Kier molecular flexibility index (Phi) is 6.27. The van der Waals surface area contributed by atoms with E-state index < -0.39 is 0 Å². The van der Waals surface area contributed by atoms with Gasteiger partial charge in [0.2, 0.25) is 0 Å².